The molecular formula is C13H19Cl2NO2S. The minimum Gasteiger partial charge on any atom is -0.312 e. The zero-order valence-corrected chi connectivity index (χ0v) is 13.7. The minimum atomic E-state index is -3.44. The lowest BCUT2D eigenvalue weighted by molar-refractivity contribution is 0.426. The second-order valence-corrected chi connectivity index (χ2v) is 8.26. The Bertz CT molecular complexity index is 516. The average Bonchev–Trinajstić information content (AvgIpc) is 2.22. The molecule has 0 aliphatic heterocycles. The van der Waals surface area contributed by atoms with Crippen molar-refractivity contribution in [3.05, 3.63) is 28.2 Å². The van der Waals surface area contributed by atoms with Gasteiger partial charge in [0.15, 0.2) is 9.84 Å². The number of sulfone groups is 1. The van der Waals surface area contributed by atoms with Crippen LogP contribution >= 0.6 is 23.2 Å². The van der Waals surface area contributed by atoms with Crippen LogP contribution in [0, 0.1) is 0 Å². The van der Waals surface area contributed by atoms with Crippen molar-refractivity contribution in [1.82, 2.24) is 5.32 Å². The van der Waals surface area contributed by atoms with Gasteiger partial charge >= 0.3 is 0 Å². The Morgan fingerprint density at radius 2 is 1.68 bits per heavy atom. The van der Waals surface area contributed by atoms with Gasteiger partial charge in [-0.05, 0) is 45.9 Å². The summed E-state index contributed by atoms with van der Waals surface area (Å²) in [6.07, 6.45) is 0.515. The fourth-order valence-electron chi connectivity index (χ4n) is 1.61. The van der Waals surface area contributed by atoms with E-state index in [1.165, 1.54) is 12.1 Å². The third-order valence-electron chi connectivity index (χ3n) is 2.48. The van der Waals surface area contributed by atoms with Crippen LogP contribution in [0.3, 0.4) is 0 Å². The van der Waals surface area contributed by atoms with Gasteiger partial charge in [0.25, 0.3) is 0 Å². The molecule has 0 saturated heterocycles. The van der Waals surface area contributed by atoms with Crippen molar-refractivity contribution in [3.63, 3.8) is 0 Å². The summed E-state index contributed by atoms with van der Waals surface area (Å²) in [5.41, 5.74) is -0.0220. The maximum atomic E-state index is 12.2. The Morgan fingerprint density at radius 3 is 2.16 bits per heavy atom. The molecule has 0 radical (unpaired) electrons. The summed E-state index contributed by atoms with van der Waals surface area (Å²) in [5, 5.41) is 3.60. The van der Waals surface area contributed by atoms with Crippen LogP contribution in [-0.4, -0.2) is 26.3 Å². The zero-order chi connectivity index (χ0) is 14.7. The van der Waals surface area contributed by atoms with Crippen molar-refractivity contribution in [1.29, 1.82) is 0 Å². The van der Waals surface area contributed by atoms with Gasteiger partial charge in [-0.25, -0.2) is 8.42 Å². The SMILES string of the molecule is CC(C)(C)NCCCS(=O)(=O)c1c(Cl)cccc1Cl. The number of halogens is 2. The predicted octanol–water partition coefficient (Wildman–Crippen LogP) is 3.55. The fourth-order valence-corrected chi connectivity index (χ4v) is 4.17. The van der Waals surface area contributed by atoms with Crippen LogP contribution in [-0.2, 0) is 9.84 Å². The standard InChI is InChI=1S/C13H19Cl2NO2S/c1-13(2,3)16-8-5-9-19(17,18)12-10(14)6-4-7-11(12)15/h4,6-7,16H,5,8-9H2,1-3H3. The predicted molar refractivity (Wildman–Crippen MR) is 80.9 cm³/mol. The summed E-state index contributed by atoms with van der Waals surface area (Å²) in [6, 6.07) is 4.70. The molecule has 0 saturated carbocycles. The molecule has 0 amide bonds. The van der Waals surface area contributed by atoms with E-state index < -0.39 is 9.84 Å². The van der Waals surface area contributed by atoms with E-state index in [1.807, 2.05) is 20.8 Å². The molecule has 1 rings (SSSR count). The molecule has 1 aromatic rings. The van der Waals surface area contributed by atoms with Gasteiger partial charge in [0.2, 0.25) is 0 Å². The minimum absolute atomic E-state index is 0.0220. The van der Waals surface area contributed by atoms with Crippen LogP contribution in [0.15, 0.2) is 23.1 Å². The topological polar surface area (TPSA) is 46.2 Å². The first-order chi connectivity index (χ1) is 8.63. The number of rotatable bonds is 5. The van der Waals surface area contributed by atoms with Crippen molar-refractivity contribution < 1.29 is 8.42 Å². The van der Waals surface area contributed by atoms with Crippen LogP contribution in [0.2, 0.25) is 10.0 Å². The number of benzene rings is 1. The Labute approximate surface area is 125 Å². The van der Waals surface area contributed by atoms with Crippen molar-refractivity contribution >= 4 is 33.0 Å². The van der Waals surface area contributed by atoms with Crippen molar-refractivity contribution in [2.24, 2.45) is 0 Å². The van der Waals surface area contributed by atoms with Crippen LogP contribution in [0.25, 0.3) is 0 Å². The summed E-state index contributed by atoms with van der Waals surface area (Å²) in [4.78, 5) is 0.0362. The lowest BCUT2D eigenvalue weighted by Crippen LogP contribution is -2.37. The van der Waals surface area contributed by atoms with Gasteiger partial charge in [-0.3, -0.25) is 0 Å². The monoisotopic (exact) mass is 323 g/mol. The second kappa shape index (κ2) is 6.44. The lowest BCUT2D eigenvalue weighted by atomic mass is 10.1. The summed E-state index contributed by atoms with van der Waals surface area (Å²) in [5.74, 6) is 0.0273. The van der Waals surface area contributed by atoms with E-state index in [9.17, 15) is 8.42 Å². The first-order valence-corrected chi connectivity index (χ1v) is 8.46. The molecule has 19 heavy (non-hydrogen) atoms. The molecule has 0 fully saturated rings. The fraction of sp³-hybridized carbons (Fsp3) is 0.538. The van der Waals surface area contributed by atoms with E-state index in [1.54, 1.807) is 6.07 Å². The van der Waals surface area contributed by atoms with Crippen molar-refractivity contribution in [3.8, 4) is 0 Å². The molecule has 3 nitrogen and oxygen atoms in total. The Kier molecular flexibility index (Phi) is 5.68. The molecule has 0 aliphatic rings. The van der Waals surface area contributed by atoms with Crippen molar-refractivity contribution in [2.45, 2.75) is 37.6 Å². The lowest BCUT2D eigenvalue weighted by Gasteiger charge is -2.20. The van der Waals surface area contributed by atoms with Gasteiger partial charge in [-0.15, -0.1) is 0 Å². The highest BCUT2D eigenvalue weighted by molar-refractivity contribution is 7.91. The smallest absolute Gasteiger partial charge is 0.181 e. The molecule has 0 atom stereocenters. The Balaban J connectivity index is 2.72. The molecular weight excluding hydrogens is 305 g/mol. The van der Waals surface area contributed by atoms with E-state index in [0.29, 0.717) is 13.0 Å². The largest absolute Gasteiger partial charge is 0.312 e. The molecule has 0 spiro atoms. The zero-order valence-electron chi connectivity index (χ0n) is 11.3. The number of hydrogen-bond donors (Lipinski definition) is 1. The van der Waals surface area contributed by atoms with Gasteiger partial charge in [0.05, 0.1) is 15.8 Å². The van der Waals surface area contributed by atoms with Gasteiger partial charge in [-0.1, -0.05) is 29.3 Å². The number of hydrogen-bond acceptors (Lipinski definition) is 3. The molecule has 1 aromatic carbocycles. The third kappa shape index (κ3) is 5.30. The molecule has 0 aromatic heterocycles. The normalized spacial score (nSPS) is 12.7. The third-order valence-corrected chi connectivity index (χ3v) is 5.22. The molecule has 108 valence electrons. The molecule has 0 heterocycles. The van der Waals surface area contributed by atoms with E-state index in [-0.39, 0.29) is 26.2 Å². The Hall–Kier alpha value is -0.290. The quantitative estimate of drug-likeness (QED) is 0.843. The Morgan fingerprint density at radius 1 is 1.16 bits per heavy atom. The number of nitrogens with one attached hydrogen (secondary N) is 1. The van der Waals surface area contributed by atoms with Gasteiger partial charge in [0.1, 0.15) is 4.90 Å². The van der Waals surface area contributed by atoms with E-state index in [0.717, 1.165) is 0 Å². The van der Waals surface area contributed by atoms with Crippen LogP contribution in [0.1, 0.15) is 27.2 Å². The van der Waals surface area contributed by atoms with Crippen LogP contribution in [0.5, 0.6) is 0 Å². The highest BCUT2D eigenvalue weighted by Gasteiger charge is 2.21. The van der Waals surface area contributed by atoms with Gasteiger partial charge < -0.3 is 5.32 Å². The molecule has 1 N–H and O–H groups in total. The van der Waals surface area contributed by atoms with Crippen LogP contribution < -0.4 is 5.32 Å². The van der Waals surface area contributed by atoms with Crippen molar-refractivity contribution in [2.75, 3.05) is 12.3 Å². The van der Waals surface area contributed by atoms with Gasteiger partial charge in [0, 0.05) is 5.54 Å². The molecule has 0 bridgehead atoms. The summed E-state index contributed by atoms with van der Waals surface area (Å²) >= 11 is 11.8. The molecule has 0 unspecified atom stereocenters. The van der Waals surface area contributed by atoms with E-state index in [2.05, 4.69) is 5.32 Å². The summed E-state index contributed by atoms with van der Waals surface area (Å²) in [6.45, 7) is 6.73. The second-order valence-electron chi connectivity index (χ2n) is 5.40. The highest BCUT2D eigenvalue weighted by Crippen LogP contribution is 2.30. The summed E-state index contributed by atoms with van der Waals surface area (Å²) in [7, 11) is -3.44. The van der Waals surface area contributed by atoms with E-state index in [4.69, 9.17) is 23.2 Å². The van der Waals surface area contributed by atoms with E-state index >= 15 is 0 Å². The maximum absolute atomic E-state index is 12.2. The summed E-state index contributed by atoms with van der Waals surface area (Å²) < 4.78 is 24.4. The van der Waals surface area contributed by atoms with Gasteiger partial charge in [-0.2, -0.15) is 0 Å². The van der Waals surface area contributed by atoms with Crippen LogP contribution in [0.4, 0.5) is 0 Å². The highest BCUT2D eigenvalue weighted by atomic mass is 35.5. The first kappa shape index (κ1) is 16.8. The molecule has 0 aliphatic carbocycles. The average molecular weight is 324 g/mol. The molecule has 6 heteroatoms. The maximum Gasteiger partial charge on any atom is 0.181 e. The first-order valence-electron chi connectivity index (χ1n) is 6.05.